The molecule has 0 saturated heterocycles. The van der Waals surface area contributed by atoms with Crippen LogP contribution in [0.5, 0.6) is 0 Å². The molecule has 1 aromatic heterocycles. The number of nitrogens with two attached hydrogens (primary N) is 1. The van der Waals surface area contributed by atoms with Crippen molar-refractivity contribution in [3.8, 4) is 0 Å². The number of nitrogens with zero attached hydrogens (tertiary/aromatic N) is 1. The minimum Gasteiger partial charge on any atom is -0.351 e. The van der Waals surface area contributed by atoms with Crippen molar-refractivity contribution in [2.24, 2.45) is 5.73 Å². The van der Waals surface area contributed by atoms with Crippen molar-refractivity contribution in [3.63, 3.8) is 0 Å². The molecule has 2 amide bonds. The Morgan fingerprint density at radius 3 is 3.21 bits per heavy atom. The third-order valence-electron chi connectivity index (χ3n) is 1.68. The molecule has 6 heteroatoms. The summed E-state index contributed by atoms with van der Waals surface area (Å²) in [4.78, 5) is 11.4. The molecule has 0 aliphatic carbocycles. The molecule has 0 saturated carbocycles. The Hall–Kier alpha value is -1.69. The number of primary amides is 1. The molecule has 5 nitrogen and oxygen atoms in total. The van der Waals surface area contributed by atoms with Crippen LogP contribution in [0.2, 0.25) is 0 Å². The number of rotatable bonds is 2. The molecule has 1 heterocycles. The van der Waals surface area contributed by atoms with Gasteiger partial charge in [0.05, 0.1) is 11.7 Å². The summed E-state index contributed by atoms with van der Waals surface area (Å²) in [7, 11) is 0. The second-order valence-electron chi connectivity index (χ2n) is 2.69. The molecule has 2 rings (SSSR count). The molecule has 0 bridgehead atoms. The molecule has 14 heavy (non-hydrogen) atoms. The number of carbonyl (C=O) groups excluding carboxylic acids is 1. The Morgan fingerprint density at radius 1 is 1.57 bits per heavy atom. The van der Waals surface area contributed by atoms with Crippen molar-refractivity contribution < 1.29 is 4.79 Å². The van der Waals surface area contributed by atoms with Crippen LogP contribution >= 0.6 is 11.9 Å². The smallest absolute Gasteiger partial charge is 0.322 e. The van der Waals surface area contributed by atoms with Crippen molar-refractivity contribution in [1.82, 2.24) is 14.9 Å². The number of urea groups is 1. The lowest BCUT2D eigenvalue weighted by Gasteiger charge is -1.99. The summed E-state index contributed by atoms with van der Waals surface area (Å²) in [5.74, 6) is 0. The molecule has 0 aliphatic rings. The monoisotopic (exact) mass is 208 g/mol. The lowest BCUT2D eigenvalue weighted by atomic mass is 10.3. The fourth-order valence-corrected chi connectivity index (χ4v) is 1.62. The predicted octanol–water partition coefficient (Wildman–Crippen LogP) is 1.24. The molecule has 0 aliphatic heterocycles. The van der Waals surface area contributed by atoms with E-state index in [2.05, 4.69) is 14.9 Å². The van der Waals surface area contributed by atoms with E-state index >= 15 is 0 Å². The number of amides is 2. The van der Waals surface area contributed by atoms with E-state index in [1.807, 2.05) is 18.2 Å². The standard InChI is InChI=1S/C8H8N4OS/c9-8(13)12-14-6-2-1-5-4-10-11-7(5)3-6/h1-4H,(H,10,11)(H3,9,12,13). The highest BCUT2D eigenvalue weighted by Gasteiger charge is 1.99. The van der Waals surface area contributed by atoms with Gasteiger partial charge in [-0.1, -0.05) is 6.07 Å². The van der Waals surface area contributed by atoms with Gasteiger partial charge in [0.1, 0.15) is 0 Å². The SMILES string of the molecule is NC(=O)NSc1ccc2cn[nH]c2c1. The van der Waals surface area contributed by atoms with E-state index in [-0.39, 0.29) is 0 Å². The largest absolute Gasteiger partial charge is 0.351 e. The maximum atomic E-state index is 10.5. The number of aromatic amines is 1. The molecule has 0 radical (unpaired) electrons. The number of aromatic nitrogens is 2. The molecule has 1 aromatic carbocycles. The van der Waals surface area contributed by atoms with Crippen molar-refractivity contribution in [1.29, 1.82) is 0 Å². The average Bonchev–Trinajstić information content (AvgIpc) is 2.61. The fourth-order valence-electron chi connectivity index (χ4n) is 1.09. The van der Waals surface area contributed by atoms with Crippen molar-refractivity contribution in [3.05, 3.63) is 24.4 Å². The van der Waals surface area contributed by atoms with Gasteiger partial charge in [-0.2, -0.15) is 5.10 Å². The van der Waals surface area contributed by atoms with Crippen LogP contribution in [-0.2, 0) is 0 Å². The number of hydrogen-bond acceptors (Lipinski definition) is 3. The number of nitrogens with one attached hydrogen (secondary N) is 2. The highest BCUT2D eigenvalue weighted by molar-refractivity contribution is 7.98. The van der Waals surface area contributed by atoms with Gasteiger partial charge in [-0.25, -0.2) is 4.79 Å². The molecule has 72 valence electrons. The Kier molecular flexibility index (Phi) is 2.28. The Balaban J connectivity index is 2.21. The lowest BCUT2D eigenvalue weighted by Crippen LogP contribution is -2.22. The zero-order valence-corrected chi connectivity index (χ0v) is 7.97. The van der Waals surface area contributed by atoms with E-state index in [0.717, 1.165) is 15.8 Å². The normalized spacial score (nSPS) is 10.3. The molecular weight excluding hydrogens is 200 g/mol. The van der Waals surface area contributed by atoms with Crippen molar-refractivity contribution in [2.75, 3.05) is 0 Å². The molecule has 0 spiro atoms. The number of carbonyl (C=O) groups is 1. The first-order valence-corrected chi connectivity index (χ1v) is 4.73. The second kappa shape index (κ2) is 3.59. The van der Waals surface area contributed by atoms with E-state index in [1.165, 1.54) is 11.9 Å². The van der Waals surface area contributed by atoms with Crippen LogP contribution in [0.3, 0.4) is 0 Å². The van der Waals surface area contributed by atoms with Gasteiger partial charge in [-0.05, 0) is 24.1 Å². The summed E-state index contributed by atoms with van der Waals surface area (Å²) in [5, 5.41) is 7.77. The molecule has 0 atom stereocenters. The maximum Gasteiger partial charge on any atom is 0.322 e. The third-order valence-corrected chi connectivity index (χ3v) is 2.48. The minimum atomic E-state index is -0.556. The molecule has 0 unspecified atom stereocenters. The molecular formula is C8H8N4OS. The van der Waals surface area contributed by atoms with Crippen LogP contribution in [0.4, 0.5) is 4.79 Å². The summed E-state index contributed by atoms with van der Waals surface area (Å²) in [5.41, 5.74) is 5.87. The van der Waals surface area contributed by atoms with Crippen LogP contribution in [-0.4, -0.2) is 16.2 Å². The summed E-state index contributed by atoms with van der Waals surface area (Å²) in [6.07, 6.45) is 1.74. The highest BCUT2D eigenvalue weighted by Crippen LogP contribution is 2.19. The first-order chi connectivity index (χ1) is 6.75. The average molecular weight is 208 g/mol. The van der Waals surface area contributed by atoms with E-state index in [4.69, 9.17) is 5.73 Å². The summed E-state index contributed by atoms with van der Waals surface area (Å²) in [6, 6.07) is 5.14. The van der Waals surface area contributed by atoms with Crippen LogP contribution in [0.15, 0.2) is 29.3 Å². The Labute approximate surface area is 84.2 Å². The topological polar surface area (TPSA) is 83.8 Å². The lowest BCUT2D eigenvalue weighted by molar-refractivity contribution is 0.254. The fraction of sp³-hybridized carbons (Fsp3) is 0. The van der Waals surface area contributed by atoms with E-state index in [9.17, 15) is 4.79 Å². The summed E-state index contributed by atoms with van der Waals surface area (Å²) in [6.45, 7) is 0. The van der Waals surface area contributed by atoms with Crippen LogP contribution < -0.4 is 10.5 Å². The Bertz CT molecular complexity index is 467. The van der Waals surface area contributed by atoms with Gasteiger partial charge in [0.2, 0.25) is 0 Å². The molecule has 0 fully saturated rings. The Morgan fingerprint density at radius 2 is 2.43 bits per heavy atom. The maximum absolute atomic E-state index is 10.5. The number of fused-ring (bicyclic) bond motifs is 1. The van der Waals surface area contributed by atoms with Gasteiger partial charge < -0.3 is 5.73 Å². The third kappa shape index (κ3) is 1.80. The van der Waals surface area contributed by atoms with Gasteiger partial charge in [0.15, 0.2) is 0 Å². The van der Waals surface area contributed by atoms with E-state index in [1.54, 1.807) is 6.20 Å². The first kappa shape index (κ1) is 8.89. The second-order valence-corrected chi connectivity index (χ2v) is 3.57. The summed E-state index contributed by atoms with van der Waals surface area (Å²) >= 11 is 1.17. The van der Waals surface area contributed by atoms with Crippen LogP contribution in [0.25, 0.3) is 10.9 Å². The zero-order valence-electron chi connectivity index (χ0n) is 7.15. The van der Waals surface area contributed by atoms with Crippen molar-refractivity contribution in [2.45, 2.75) is 4.90 Å². The zero-order chi connectivity index (χ0) is 9.97. The van der Waals surface area contributed by atoms with Crippen LogP contribution in [0, 0.1) is 0 Å². The quantitative estimate of drug-likeness (QED) is 0.649. The van der Waals surface area contributed by atoms with Gasteiger partial charge in [0, 0.05) is 10.3 Å². The number of hydrogen-bond donors (Lipinski definition) is 3. The highest BCUT2D eigenvalue weighted by atomic mass is 32.2. The molecule has 4 N–H and O–H groups in total. The van der Waals surface area contributed by atoms with Gasteiger partial charge >= 0.3 is 6.03 Å². The van der Waals surface area contributed by atoms with Gasteiger partial charge in [-0.15, -0.1) is 0 Å². The summed E-state index contributed by atoms with van der Waals surface area (Å²) < 4.78 is 2.44. The van der Waals surface area contributed by atoms with E-state index < -0.39 is 6.03 Å². The van der Waals surface area contributed by atoms with Crippen LogP contribution in [0.1, 0.15) is 0 Å². The van der Waals surface area contributed by atoms with Gasteiger partial charge in [-0.3, -0.25) is 9.82 Å². The molecule has 2 aromatic rings. The predicted molar refractivity (Wildman–Crippen MR) is 54.7 cm³/mol. The van der Waals surface area contributed by atoms with Gasteiger partial charge in [0.25, 0.3) is 0 Å². The van der Waals surface area contributed by atoms with Crippen molar-refractivity contribution >= 4 is 28.9 Å². The first-order valence-electron chi connectivity index (χ1n) is 3.91. The number of H-pyrrole nitrogens is 1. The number of benzene rings is 1. The van der Waals surface area contributed by atoms with E-state index in [0.29, 0.717) is 0 Å². The minimum absolute atomic E-state index is 0.556.